The molecule has 0 aliphatic carbocycles. The molecule has 1 aromatic carbocycles. The van der Waals surface area contributed by atoms with Crippen LogP contribution >= 0.6 is 0 Å². The first-order valence-electron chi connectivity index (χ1n) is 7.13. The zero-order valence-corrected chi connectivity index (χ0v) is 11.8. The van der Waals surface area contributed by atoms with Gasteiger partial charge in [-0.15, -0.1) is 0 Å². The van der Waals surface area contributed by atoms with Crippen LogP contribution in [-0.2, 0) is 13.0 Å². The molecule has 1 N–H and O–H groups in total. The third-order valence-electron chi connectivity index (χ3n) is 3.69. The van der Waals surface area contributed by atoms with E-state index in [9.17, 15) is 0 Å². The predicted molar refractivity (Wildman–Crippen MR) is 80.2 cm³/mol. The van der Waals surface area contributed by atoms with E-state index >= 15 is 0 Å². The highest BCUT2D eigenvalue weighted by atomic mass is 15.3. The van der Waals surface area contributed by atoms with Gasteiger partial charge in [0.2, 0.25) is 0 Å². The third-order valence-corrected chi connectivity index (χ3v) is 3.69. The van der Waals surface area contributed by atoms with Gasteiger partial charge in [0.15, 0.2) is 0 Å². The fourth-order valence-corrected chi connectivity index (χ4v) is 2.59. The van der Waals surface area contributed by atoms with Crippen molar-refractivity contribution in [2.24, 2.45) is 0 Å². The predicted octanol–water partition coefficient (Wildman–Crippen LogP) is 2.29. The molecular weight excluding hydrogens is 248 g/mol. The molecule has 0 amide bonds. The second-order valence-electron chi connectivity index (χ2n) is 5.38. The van der Waals surface area contributed by atoms with Crippen molar-refractivity contribution >= 4 is 6.08 Å². The van der Waals surface area contributed by atoms with E-state index in [1.54, 1.807) is 6.33 Å². The van der Waals surface area contributed by atoms with Crippen molar-refractivity contribution in [2.45, 2.75) is 32.4 Å². The Morgan fingerprint density at radius 1 is 1.40 bits per heavy atom. The molecule has 4 heteroatoms. The SMILES string of the molecule is CC(=Cc1ccccc1)CNC1CCc2ncnn2C1. The number of nitrogens with zero attached hydrogens (tertiary/aromatic N) is 3. The minimum Gasteiger partial charge on any atom is -0.308 e. The lowest BCUT2D eigenvalue weighted by atomic mass is 10.1. The normalized spacial score (nSPS) is 18.9. The standard InChI is InChI=1S/C16H20N4/c1-13(9-14-5-3-2-4-6-14)10-17-15-7-8-16-18-12-19-20(16)11-15/h2-6,9,12,15,17H,7-8,10-11H2,1H3. The molecule has 1 unspecified atom stereocenters. The molecule has 2 heterocycles. The number of benzene rings is 1. The Hall–Kier alpha value is -1.94. The fraction of sp³-hybridized carbons (Fsp3) is 0.375. The molecule has 1 atom stereocenters. The lowest BCUT2D eigenvalue weighted by Gasteiger charge is -2.23. The summed E-state index contributed by atoms with van der Waals surface area (Å²) in [6, 6.07) is 10.9. The van der Waals surface area contributed by atoms with Gasteiger partial charge >= 0.3 is 0 Å². The van der Waals surface area contributed by atoms with Gasteiger partial charge in [0.1, 0.15) is 12.2 Å². The molecule has 0 saturated heterocycles. The highest BCUT2D eigenvalue weighted by Crippen LogP contribution is 2.12. The number of hydrogen-bond donors (Lipinski definition) is 1. The average Bonchev–Trinajstić information content (AvgIpc) is 2.93. The van der Waals surface area contributed by atoms with Gasteiger partial charge in [-0.3, -0.25) is 0 Å². The van der Waals surface area contributed by atoms with Crippen LogP contribution in [-0.4, -0.2) is 27.4 Å². The van der Waals surface area contributed by atoms with Gasteiger partial charge in [-0.1, -0.05) is 42.0 Å². The van der Waals surface area contributed by atoms with Crippen LogP contribution in [0, 0.1) is 0 Å². The molecule has 1 aliphatic heterocycles. The molecule has 1 aromatic heterocycles. The van der Waals surface area contributed by atoms with E-state index in [2.05, 4.69) is 52.7 Å². The second-order valence-corrected chi connectivity index (χ2v) is 5.38. The summed E-state index contributed by atoms with van der Waals surface area (Å²) in [5.41, 5.74) is 2.61. The van der Waals surface area contributed by atoms with Crippen molar-refractivity contribution in [3.8, 4) is 0 Å². The highest BCUT2D eigenvalue weighted by Gasteiger charge is 2.18. The second kappa shape index (κ2) is 6.01. The first-order chi connectivity index (χ1) is 9.81. The number of hydrogen-bond acceptors (Lipinski definition) is 3. The third kappa shape index (κ3) is 3.14. The van der Waals surface area contributed by atoms with Gasteiger partial charge in [-0.25, -0.2) is 9.67 Å². The zero-order chi connectivity index (χ0) is 13.8. The monoisotopic (exact) mass is 268 g/mol. The molecule has 0 bridgehead atoms. The molecule has 0 spiro atoms. The topological polar surface area (TPSA) is 42.7 Å². The summed E-state index contributed by atoms with van der Waals surface area (Å²) in [6.45, 7) is 4.02. The lowest BCUT2D eigenvalue weighted by molar-refractivity contribution is 0.368. The van der Waals surface area contributed by atoms with Gasteiger partial charge in [-0.2, -0.15) is 5.10 Å². The Morgan fingerprint density at radius 3 is 3.10 bits per heavy atom. The van der Waals surface area contributed by atoms with Crippen LogP contribution in [0.5, 0.6) is 0 Å². The van der Waals surface area contributed by atoms with E-state index < -0.39 is 0 Å². The summed E-state index contributed by atoms with van der Waals surface area (Å²) >= 11 is 0. The molecule has 4 nitrogen and oxygen atoms in total. The van der Waals surface area contributed by atoms with Crippen LogP contribution in [0.1, 0.15) is 24.7 Å². The summed E-state index contributed by atoms with van der Waals surface area (Å²) in [6.07, 6.45) is 6.03. The largest absolute Gasteiger partial charge is 0.308 e. The van der Waals surface area contributed by atoms with Crippen LogP contribution in [0.3, 0.4) is 0 Å². The quantitative estimate of drug-likeness (QED) is 0.925. The molecular formula is C16H20N4. The summed E-state index contributed by atoms with van der Waals surface area (Å²) in [7, 11) is 0. The molecule has 0 radical (unpaired) electrons. The van der Waals surface area contributed by atoms with E-state index in [-0.39, 0.29) is 0 Å². The molecule has 2 aromatic rings. The zero-order valence-electron chi connectivity index (χ0n) is 11.8. The highest BCUT2D eigenvalue weighted by molar-refractivity contribution is 5.52. The molecule has 0 fully saturated rings. The van der Waals surface area contributed by atoms with Crippen molar-refractivity contribution in [3.63, 3.8) is 0 Å². The first kappa shape index (κ1) is 13.1. The van der Waals surface area contributed by atoms with Crippen molar-refractivity contribution in [3.05, 3.63) is 53.6 Å². The number of aromatic nitrogens is 3. The van der Waals surface area contributed by atoms with E-state index in [1.807, 2.05) is 10.7 Å². The van der Waals surface area contributed by atoms with Gasteiger partial charge in [-0.05, 0) is 18.9 Å². The van der Waals surface area contributed by atoms with Crippen LogP contribution in [0.4, 0.5) is 0 Å². The van der Waals surface area contributed by atoms with Crippen molar-refractivity contribution in [2.75, 3.05) is 6.54 Å². The lowest BCUT2D eigenvalue weighted by Crippen LogP contribution is -2.38. The Kier molecular flexibility index (Phi) is 3.92. The Morgan fingerprint density at radius 2 is 2.25 bits per heavy atom. The van der Waals surface area contributed by atoms with Crippen LogP contribution in [0.25, 0.3) is 6.08 Å². The van der Waals surface area contributed by atoms with E-state index in [0.29, 0.717) is 6.04 Å². The minimum absolute atomic E-state index is 0.489. The Labute approximate surface area is 119 Å². The summed E-state index contributed by atoms with van der Waals surface area (Å²) < 4.78 is 2.01. The molecule has 20 heavy (non-hydrogen) atoms. The summed E-state index contributed by atoms with van der Waals surface area (Å²) in [5, 5.41) is 7.87. The van der Waals surface area contributed by atoms with E-state index in [1.165, 1.54) is 11.1 Å². The Bertz CT molecular complexity index is 586. The minimum atomic E-state index is 0.489. The smallest absolute Gasteiger partial charge is 0.138 e. The summed E-state index contributed by atoms with van der Waals surface area (Å²) in [4.78, 5) is 4.25. The van der Waals surface area contributed by atoms with Crippen LogP contribution in [0.2, 0.25) is 0 Å². The number of nitrogens with one attached hydrogen (secondary N) is 1. The maximum atomic E-state index is 4.25. The molecule has 0 saturated carbocycles. The fourth-order valence-electron chi connectivity index (χ4n) is 2.59. The first-order valence-corrected chi connectivity index (χ1v) is 7.13. The van der Waals surface area contributed by atoms with Gasteiger partial charge < -0.3 is 5.32 Å². The maximum absolute atomic E-state index is 4.25. The van der Waals surface area contributed by atoms with Gasteiger partial charge in [0.05, 0.1) is 6.54 Å². The summed E-state index contributed by atoms with van der Waals surface area (Å²) in [5.74, 6) is 1.11. The maximum Gasteiger partial charge on any atom is 0.138 e. The molecule has 3 rings (SSSR count). The Balaban J connectivity index is 1.54. The number of rotatable bonds is 4. The van der Waals surface area contributed by atoms with Gasteiger partial charge in [0, 0.05) is 19.0 Å². The molecule has 1 aliphatic rings. The van der Waals surface area contributed by atoms with Crippen molar-refractivity contribution in [1.82, 2.24) is 20.1 Å². The van der Waals surface area contributed by atoms with Crippen molar-refractivity contribution in [1.29, 1.82) is 0 Å². The number of aryl methyl sites for hydroxylation is 1. The van der Waals surface area contributed by atoms with Crippen LogP contribution in [0.15, 0.2) is 42.2 Å². The van der Waals surface area contributed by atoms with Crippen LogP contribution < -0.4 is 5.32 Å². The average molecular weight is 268 g/mol. The number of fused-ring (bicyclic) bond motifs is 1. The van der Waals surface area contributed by atoms with E-state index in [4.69, 9.17) is 0 Å². The van der Waals surface area contributed by atoms with Gasteiger partial charge in [0.25, 0.3) is 0 Å². The molecule has 104 valence electrons. The van der Waals surface area contributed by atoms with E-state index in [0.717, 1.165) is 31.8 Å². The van der Waals surface area contributed by atoms with Crippen molar-refractivity contribution < 1.29 is 0 Å².